The molecule has 2 aromatic carbocycles. The fourth-order valence-electron chi connectivity index (χ4n) is 3.69. The highest BCUT2D eigenvalue weighted by Crippen LogP contribution is 2.32. The Morgan fingerprint density at radius 2 is 1.91 bits per heavy atom. The van der Waals surface area contributed by atoms with Gasteiger partial charge in [-0.3, -0.25) is 9.59 Å². The van der Waals surface area contributed by atoms with Crippen LogP contribution in [0.15, 0.2) is 47.4 Å². The van der Waals surface area contributed by atoms with E-state index in [2.05, 4.69) is 5.32 Å². The van der Waals surface area contributed by atoms with E-state index >= 15 is 0 Å². The van der Waals surface area contributed by atoms with Gasteiger partial charge in [0.15, 0.2) is 0 Å². The second-order valence-corrected chi connectivity index (χ2v) is 10.0. The molecule has 2 aromatic rings. The van der Waals surface area contributed by atoms with Crippen LogP contribution < -0.4 is 10.1 Å². The van der Waals surface area contributed by atoms with Gasteiger partial charge < -0.3 is 14.8 Å². The van der Waals surface area contributed by atoms with Crippen molar-refractivity contribution >= 4 is 39.2 Å². The van der Waals surface area contributed by atoms with Crippen LogP contribution in [0.1, 0.15) is 25.3 Å². The maximum atomic E-state index is 13.2. The Hall–Kier alpha value is -2.62. The Labute approximate surface area is 198 Å². The van der Waals surface area contributed by atoms with Crippen LogP contribution in [0.2, 0.25) is 5.02 Å². The molecule has 0 bridgehead atoms. The standard InChI is InChI=1S/C23H27ClN2O6S/c1-3-32-22(27)13-16-6-9-19(10-7-16)25-23(28)17-5-4-12-26(15-17)33(29,30)21-14-18(24)8-11-20(21)31-2/h6-11,14,17H,3-5,12-13,15H2,1-2H3,(H,25,28)/t17-/m1/s1. The first-order valence-electron chi connectivity index (χ1n) is 10.6. The molecule has 0 saturated carbocycles. The predicted octanol–water partition coefficient (Wildman–Crippen LogP) is 3.49. The maximum Gasteiger partial charge on any atom is 0.310 e. The maximum absolute atomic E-state index is 13.2. The number of hydrogen-bond donors (Lipinski definition) is 1. The molecule has 0 aromatic heterocycles. The highest BCUT2D eigenvalue weighted by atomic mass is 35.5. The predicted molar refractivity (Wildman–Crippen MR) is 125 cm³/mol. The summed E-state index contributed by atoms with van der Waals surface area (Å²) in [7, 11) is -2.49. The lowest BCUT2D eigenvalue weighted by atomic mass is 9.98. The van der Waals surface area contributed by atoms with Crippen LogP contribution in [0.4, 0.5) is 5.69 Å². The number of halogens is 1. The minimum atomic E-state index is -3.89. The van der Waals surface area contributed by atoms with Crippen molar-refractivity contribution < 1.29 is 27.5 Å². The van der Waals surface area contributed by atoms with E-state index in [4.69, 9.17) is 21.1 Å². The molecule has 1 heterocycles. The van der Waals surface area contributed by atoms with E-state index in [-0.39, 0.29) is 40.5 Å². The Balaban J connectivity index is 1.67. The summed E-state index contributed by atoms with van der Waals surface area (Å²) in [6.07, 6.45) is 1.29. The molecule has 0 spiro atoms. The molecule has 1 aliphatic rings. The Morgan fingerprint density at radius 1 is 1.18 bits per heavy atom. The first-order valence-corrected chi connectivity index (χ1v) is 12.5. The quantitative estimate of drug-likeness (QED) is 0.563. The number of carbonyl (C=O) groups is 2. The molecule has 0 unspecified atom stereocenters. The van der Waals surface area contributed by atoms with Crippen LogP contribution in [-0.2, 0) is 30.8 Å². The van der Waals surface area contributed by atoms with E-state index in [1.807, 2.05) is 0 Å². The molecule has 178 valence electrons. The number of anilines is 1. The SMILES string of the molecule is CCOC(=O)Cc1ccc(NC(=O)[C@@H]2CCCN(S(=O)(=O)c3cc(Cl)ccc3OC)C2)cc1. The van der Waals surface area contributed by atoms with Gasteiger partial charge in [0.1, 0.15) is 10.6 Å². The van der Waals surface area contributed by atoms with E-state index < -0.39 is 15.9 Å². The number of benzene rings is 2. The van der Waals surface area contributed by atoms with Gasteiger partial charge in [-0.15, -0.1) is 0 Å². The average Bonchev–Trinajstić information content (AvgIpc) is 2.80. The Morgan fingerprint density at radius 3 is 2.58 bits per heavy atom. The summed E-state index contributed by atoms with van der Waals surface area (Å²) in [5.74, 6) is -0.868. The first kappa shape index (κ1) is 25.0. The third-order valence-corrected chi connectivity index (χ3v) is 7.50. The van der Waals surface area contributed by atoms with Crippen molar-refractivity contribution in [2.24, 2.45) is 5.92 Å². The van der Waals surface area contributed by atoms with E-state index in [1.165, 1.54) is 23.5 Å². The number of amides is 1. The highest BCUT2D eigenvalue weighted by Gasteiger charge is 2.35. The first-order chi connectivity index (χ1) is 15.7. The van der Waals surface area contributed by atoms with Gasteiger partial charge in [-0.05, 0) is 55.7 Å². The number of carbonyl (C=O) groups excluding carboxylic acids is 2. The molecule has 0 radical (unpaired) electrons. The molecule has 0 aliphatic carbocycles. The lowest BCUT2D eigenvalue weighted by molar-refractivity contribution is -0.142. The molecule has 8 nitrogen and oxygen atoms in total. The highest BCUT2D eigenvalue weighted by molar-refractivity contribution is 7.89. The largest absolute Gasteiger partial charge is 0.495 e. The Kier molecular flexibility index (Phi) is 8.34. The number of hydrogen-bond acceptors (Lipinski definition) is 6. The van der Waals surface area contributed by atoms with Gasteiger partial charge in [-0.25, -0.2) is 8.42 Å². The van der Waals surface area contributed by atoms with E-state index in [0.717, 1.165) is 5.56 Å². The van der Waals surface area contributed by atoms with Gasteiger partial charge in [-0.2, -0.15) is 4.31 Å². The smallest absolute Gasteiger partial charge is 0.310 e. The summed E-state index contributed by atoms with van der Waals surface area (Å²) in [5, 5.41) is 3.12. The number of sulfonamides is 1. The van der Waals surface area contributed by atoms with Crippen molar-refractivity contribution in [3.8, 4) is 5.75 Å². The zero-order valence-electron chi connectivity index (χ0n) is 18.5. The van der Waals surface area contributed by atoms with Crippen LogP contribution in [0, 0.1) is 5.92 Å². The number of nitrogens with zero attached hydrogens (tertiary/aromatic N) is 1. The molecule has 1 amide bonds. The number of nitrogens with one attached hydrogen (secondary N) is 1. The lowest BCUT2D eigenvalue weighted by Crippen LogP contribution is -2.43. The Bertz CT molecular complexity index is 1100. The summed E-state index contributed by atoms with van der Waals surface area (Å²) in [6, 6.07) is 11.3. The van der Waals surface area contributed by atoms with Crippen molar-refractivity contribution in [2.45, 2.75) is 31.1 Å². The van der Waals surface area contributed by atoms with Gasteiger partial charge in [0, 0.05) is 23.8 Å². The van der Waals surface area contributed by atoms with Crippen LogP contribution in [0.25, 0.3) is 0 Å². The van der Waals surface area contributed by atoms with Crippen LogP contribution in [-0.4, -0.2) is 51.4 Å². The van der Waals surface area contributed by atoms with Crippen LogP contribution >= 0.6 is 11.6 Å². The second kappa shape index (κ2) is 11.0. The molecular formula is C23H27ClN2O6S. The molecule has 1 atom stereocenters. The molecule has 10 heteroatoms. The zero-order valence-corrected chi connectivity index (χ0v) is 20.1. The molecule has 1 aliphatic heterocycles. The zero-order chi connectivity index (χ0) is 24.0. The van der Waals surface area contributed by atoms with Crippen molar-refractivity contribution in [3.05, 3.63) is 53.1 Å². The molecule has 3 rings (SSSR count). The summed E-state index contributed by atoms with van der Waals surface area (Å²) in [4.78, 5) is 24.4. The fourth-order valence-corrected chi connectivity index (χ4v) is 5.64. The normalized spacial score (nSPS) is 16.8. The van der Waals surface area contributed by atoms with Gasteiger partial charge in [0.2, 0.25) is 15.9 Å². The van der Waals surface area contributed by atoms with E-state index in [9.17, 15) is 18.0 Å². The third kappa shape index (κ3) is 6.25. The fraction of sp³-hybridized carbons (Fsp3) is 0.391. The van der Waals surface area contributed by atoms with Crippen molar-refractivity contribution in [3.63, 3.8) is 0 Å². The lowest BCUT2D eigenvalue weighted by Gasteiger charge is -2.31. The third-order valence-electron chi connectivity index (χ3n) is 5.37. The molecular weight excluding hydrogens is 468 g/mol. The summed E-state index contributed by atoms with van der Waals surface area (Å²) < 4.78 is 37.9. The molecule has 33 heavy (non-hydrogen) atoms. The van der Waals surface area contributed by atoms with Crippen LogP contribution in [0.5, 0.6) is 5.75 Å². The van der Waals surface area contributed by atoms with Crippen LogP contribution in [0.3, 0.4) is 0 Å². The number of methoxy groups -OCH3 is 1. The van der Waals surface area contributed by atoms with Gasteiger partial charge in [0.25, 0.3) is 0 Å². The van der Waals surface area contributed by atoms with Crippen molar-refractivity contribution in [1.82, 2.24) is 4.31 Å². The molecule has 1 saturated heterocycles. The molecule has 1 fully saturated rings. The van der Waals surface area contributed by atoms with E-state index in [0.29, 0.717) is 31.7 Å². The van der Waals surface area contributed by atoms with Gasteiger partial charge in [0.05, 0.1) is 26.1 Å². The minimum absolute atomic E-state index is 0.0178. The monoisotopic (exact) mass is 494 g/mol. The number of ether oxygens (including phenoxy) is 2. The summed E-state index contributed by atoms with van der Waals surface area (Å²) in [5.41, 5.74) is 1.35. The van der Waals surface area contributed by atoms with Gasteiger partial charge >= 0.3 is 5.97 Å². The number of rotatable bonds is 8. The number of piperidine rings is 1. The van der Waals surface area contributed by atoms with Crippen molar-refractivity contribution in [1.29, 1.82) is 0 Å². The van der Waals surface area contributed by atoms with Gasteiger partial charge in [-0.1, -0.05) is 23.7 Å². The average molecular weight is 495 g/mol. The van der Waals surface area contributed by atoms with E-state index in [1.54, 1.807) is 37.3 Å². The summed E-state index contributed by atoms with van der Waals surface area (Å²) >= 11 is 6.01. The van der Waals surface area contributed by atoms with Crippen molar-refractivity contribution in [2.75, 3.05) is 32.1 Å². The molecule has 1 N–H and O–H groups in total. The topological polar surface area (TPSA) is 102 Å². The number of esters is 1. The minimum Gasteiger partial charge on any atom is -0.495 e. The summed E-state index contributed by atoms with van der Waals surface area (Å²) in [6.45, 7) is 2.44. The second-order valence-electron chi connectivity index (χ2n) is 7.67.